The minimum Gasteiger partial charge on any atom is -0.456 e. The van der Waals surface area contributed by atoms with Crippen molar-refractivity contribution in [2.24, 2.45) is 0 Å². The lowest BCUT2D eigenvalue weighted by atomic mass is 10.1. The summed E-state index contributed by atoms with van der Waals surface area (Å²) in [6.07, 6.45) is 2.78. The number of oxazole rings is 1. The van der Waals surface area contributed by atoms with E-state index in [1.54, 1.807) is 66.7 Å². The molecule has 36 heavy (non-hydrogen) atoms. The third-order valence-electron chi connectivity index (χ3n) is 5.18. The lowest BCUT2D eigenvalue weighted by molar-refractivity contribution is -0.384. The molecule has 0 unspecified atom stereocenters. The van der Waals surface area contributed by atoms with Gasteiger partial charge in [0.2, 0.25) is 11.8 Å². The van der Waals surface area contributed by atoms with E-state index in [-0.39, 0.29) is 5.69 Å². The highest BCUT2D eigenvalue weighted by Crippen LogP contribution is 2.33. The number of hydrogen-bond donors (Lipinski definition) is 1. The normalized spacial score (nSPS) is 11.3. The summed E-state index contributed by atoms with van der Waals surface area (Å²) >= 11 is 12.2. The molecular weight excluding hydrogens is 505 g/mol. The van der Waals surface area contributed by atoms with Crippen molar-refractivity contribution in [3.63, 3.8) is 0 Å². The molecule has 8 nitrogen and oxygen atoms in total. The molecule has 0 aliphatic heterocycles. The third kappa shape index (κ3) is 4.86. The number of nitrogens with zero attached hydrogens (tertiary/aromatic N) is 2. The number of hydrogen-bond acceptors (Lipinski definition) is 6. The van der Waals surface area contributed by atoms with Crippen LogP contribution in [0.5, 0.6) is 0 Å². The molecule has 0 fully saturated rings. The first-order chi connectivity index (χ1) is 17.4. The average molecular weight is 520 g/mol. The van der Waals surface area contributed by atoms with Crippen molar-refractivity contribution in [2.75, 3.05) is 5.32 Å². The number of anilines is 1. The van der Waals surface area contributed by atoms with E-state index in [4.69, 9.17) is 32.0 Å². The van der Waals surface area contributed by atoms with Crippen LogP contribution in [0.1, 0.15) is 5.76 Å². The summed E-state index contributed by atoms with van der Waals surface area (Å²) in [4.78, 5) is 27.7. The zero-order chi connectivity index (χ0) is 25.2. The Bertz CT molecular complexity index is 1650. The minimum absolute atomic E-state index is 0.0654. The van der Waals surface area contributed by atoms with Crippen LogP contribution in [0.3, 0.4) is 0 Å². The smallest absolute Gasteiger partial charge is 0.280 e. The molecule has 1 N–H and O–H groups in total. The molecule has 5 aromatic rings. The summed E-state index contributed by atoms with van der Waals surface area (Å²) in [5.74, 6) is 0.631. The zero-order valence-electron chi connectivity index (χ0n) is 18.3. The number of amides is 1. The van der Waals surface area contributed by atoms with E-state index >= 15 is 0 Å². The highest BCUT2D eigenvalue weighted by atomic mass is 35.5. The summed E-state index contributed by atoms with van der Waals surface area (Å²) in [5, 5.41) is 14.8. The summed E-state index contributed by atoms with van der Waals surface area (Å²) < 4.78 is 11.5. The number of fused-ring (bicyclic) bond motifs is 1. The van der Waals surface area contributed by atoms with Crippen molar-refractivity contribution in [1.29, 1.82) is 0 Å². The highest BCUT2D eigenvalue weighted by Gasteiger charge is 2.17. The second kappa shape index (κ2) is 9.69. The number of aromatic nitrogens is 1. The van der Waals surface area contributed by atoms with Gasteiger partial charge in [0.25, 0.3) is 5.69 Å². The maximum absolute atomic E-state index is 12.5. The number of furan rings is 1. The molecule has 178 valence electrons. The molecular formula is C26H15Cl2N3O5. The number of halogens is 2. The number of carbonyl (C=O) groups is 1. The highest BCUT2D eigenvalue weighted by molar-refractivity contribution is 6.38. The monoisotopic (exact) mass is 519 g/mol. The maximum Gasteiger partial charge on any atom is 0.280 e. The van der Waals surface area contributed by atoms with Gasteiger partial charge in [-0.2, -0.15) is 0 Å². The predicted octanol–water partition coefficient (Wildman–Crippen LogP) is 7.62. The van der Waals surface area contributed by atoms with E-state index in [2.05, 4.69) is 10.3 Å². The Labute approximate surface area is 213 Å². The van der Waals surface area contributed by atoms with E-state index in [0.717, 1.165) is 0 Å². The largest absolute Gasteiger partial charge is 0.456 e. The predicted molar refractivity (Wildman–Crippen MR) is 138 cm³/mol. The van der Waals surface area contributed by atoms with Crippen LogP contribution in [0.25, 0.3) is 40.0 Å². The van der Waals surface area contributed by atoms with Gasteiger partial charge in [0.05, 0.1) is 15.5 Å². The SMILES string of the molecule is O=C(/C=C/c1ccc(-c2ccccc2[N+](=O)[O-])o1)Nc1cccc(-c2nc3cc(Cl)cc(Cl)c3o2)c1. The van der Waals surface area contributed by atoms with Gasteiger partial charge in [-0.15, -0.1) is 0 Å². The fraction of sp³-hybridized carbons (Fsp3) is 0. The van der Waals surface area contributed by atoms with Gasteiger partial charge in [-0.1, -0.05) is 41.4 Å². The molecule has 5 rings (SSSR count). The van der Waals surface area contributed by atoms with Gasteiger partial charge in [-0.05, 0) is 54.6 Å². The summed E-state index contributed by atoms with van der Waals surface area (Å²) in [6, 6.07) is 19.7. The Kier molecular flexibility index (Phi) is 6.28. The third-order valence-corrected chi connectivity index (χ3v) is 5.68. The van der Waals surface area contributed by atoms with E-state index in [1.165, 1.54) is 18.2 Å². The number of rotatable bonds is 6. The zero-order valence-corrected chi connectivity index (χ0v) is 19.8. The molecule has 0 saturated heterocycles. The van der Waals surface area contributed by atoms with Crippen molar-refractivity contribution >= 4 is 57.7 Å². The van der Waals surface area contributed by atoms with Gasteiger partial charge >= 0.3 is 0 Å². The summed E-state index contributed by atoms with van der Waals surface area (Å²) in [7, 11) is 0. The number of carbonyl (C=O) groups excluding carboxylic acids is 1. The van der Waals surface area contributed by atoms with Crippen molar-refractivity contribution < 1.29 is 18.6 Å². The summed E-state index contributed by atoms with van der Waals surface area (Å²) in [5.41, 5.74) is 2.40. The Morgan fingerprint density at radius 1 is 1.00 bits per heavy atom. The fourth-order valence-electron chi connectivity index (χ4n) is 3.58. The van der Waals surface area contributed by atoms with E-state index in [0.29, 0.717) is 55.4 Å². The first kappa shape index (κ1) is 23.3. The molecule has 0 aliphatic rings. The van der Waals surface area contributed by atoms with Gasteiger partial charge < -0.3 is 14.2 Å². The first-order valence-corrected chi connectivity index (χ1v) is 11.3. The quantitative estimate of drug-likeness (QED) is 0.140. The van der Waals surface area contributed by atoms with E-state index in [9.17, 15) is 14.9 Å². The van der Waals surface area contributed by atoms with Gasteiger partial charge in [0.1, 0.15) is 17.0 Å². The van der Waals surface area contributed by atoms with E-state index < -0.39 is 10.8 Å². The number of para-hydroxylation sites is 1. The summed E-state index contributed by atoms with van der Waals surface area (Å²) in [6.45, 7) is 0. The van der Waals surface area contributed by atoms with Gasteiger partial charge in [0.15, 0.2) is 5.58 Å². The van der Waals surface area contributed by atoms with Crippen LogP contribution in [0.15, 0.2) is 87.7 Å². The molecule has 3 aromatic carbocycles. The van der Waals surface area contributed by atoms with Crippen LogP contribution in [0.2, 0.25) is 10.0 Å². The fourth-order valence-corrected chi connectivity index (χ4v) is 4.10. The number of nitro groups is 1. The van der Waals surface area contributed by atoms with Crippen LogP contribution >= 0.6 is 23.2 Å². The topological polar surface area (TPSA) is 111 Å². The van der Waals surface area contributed by atoms with Crippen LogP contribution in [0.4, 0.5) is 11.4 Å². The Balaban J connectivity index is 1.31. The Morgan fingerprint density at radius 3 is 2.67 bits per heavy atom. The van der Waals surface area contributed by atoms with Crippen molar-refractivity contribution in [2.45, 2.75) is 0 Å². The van der Waals surface area contributed by atoms with Crippen LogP contribution in [-0.2, 0) is 4.79 Å². The molecule has 0 spiro atoms. The molecule has 2 aromatic heterocycles. The Hall–Kier alpha value is -4.40. The molecule has 10 heteroatoms. The van der Waals surface area contributed by atoms with Gasteiger partial charge in [-0.3, -0.25) is 14.9 Å². The van der Waals surface area contributed by atoms with Crippen LogP contribution < -0.4 is 5.32 Å². The number of benzene rings is 3. The second-order valence-corrected chi connectivity index (χ2v) is 8.48. The lowest BCUT2D eigenvalue weighted by Gasteiger charge is -2.03. The van der Waals surface area contributed by atoms with Crippen molar-refractivity contribution in [3.8, 4) is 22.8 Å². The molecule has 0 radical (unpaired) electrons. The van der Waals surface area contributed by atoms with Crippen LogP contribution in [-0.4, -0.2) is 15.8 Å². The van der Waals surface area contributed by atoms with E-state index in [1.807, 2.05) is 0 Å². The molecule has 1 amide bonds. The lowest BCUT2D eigenvalue weighted by Crippen LogP contribution is -2.07. The van der Waals surface area contributed by atoms with Crippen molar-refractivity contribution in [1.82, 2.24) is 4.98 Å². The second-order valence-electron chi connectivity index (χ2n) is 7.63. The molecule has 0 atom stereocenters. The standard InChI is InChI=1S/C26H15Cl2N3O5/c27-16-13-20(28)25-21(14-16)30-26(36-25)15-4-3-5-17(12-15)29-24(32)11-9-18-8-10-23(35-18)19-6-1-2-7-22(19)31(33)34/h1-14H,(H,29,32)/b11-9+. The van der Waals surface area contributed by atoms with Gasteiger partial charge in [0, 0.05) is 28.4 Å². The average Bonchev–Trinajstić information content (AvgIpc) is 3.50. The number of nitro benzene ring substituents is 1. The molecule has 0 aliphatic carbocycles. The maximum atomic E-state index is 12.5. The van der Waals surface area contributed by atoms with Gasteiger partial charge in [-0.25, -0.2) is 4.98 Å². The molecule has 2 heterocycles. The Morgan fingerprint density at radius 2 is 1.83 bits per heavy atom. The van der Waals surface area contributed by atoms with Crippen molar-refractivity contribution in [3.05, 3.63) is 105 Å². The minimum atomic E-state index is -0.473. The molecule has 0 bridgehead atoms. The van der Waals surface area contributed by atoms with Crippen LogP contribution in [0, 0.1) is 10.1 Å². The number of nitrogens with one attached hydrogen (secondary N) is 1. The first-order valence-electron chi connectivity index (χ1n) is 10.6. The molecule has 0 saturated carbocycles.